The lowest BCUT2D eigenvalue weighted by atomic mass is 9.96. The molecule has 3 rings (SSSR count). The highest BCUT2D eigenvalue weighted by Crippen LogP contribution is 2.37. The first-order valence-corrected chi connectivity index (χ1v) is 9.05. The lowest BCUT2D eigenvalue weighted by Gasteiger charge is -2.25. The van der Waals surface area contributed by atoms with E-state index in [9.17, 15) is 4.79 Å². The standard InChI is InChI=1S/C20H22N4O4/c1-14-22-19(24-28-14)20(9-3-4-10-20)23-18(25)8-6-15-5-7-16(27-12-11-21)17(13-15)26-2/h5-8,13H,3-4,9-10,12H2,1-2H3,(H,23,25)/b8-6+. The van der Waals surface area contributed by atoms with Gasteiger partial charge in [-0.3, -0.25) is 4.79 Å². The minimum atomic E-state index is -0.578. The van der Waals surface area contributed by atoms with Crippen LogP contribution in [0.5, 0.6) is 11.5 Å². The van der Waals surface area contributed by atoms with E-state index in [-0.39, 0.29) is 12.5 Å². The second-order valence-electron chi connectivity index (χ2n) is 6.61. The van der Waals surface area contributed by atoms with E-state index >= 15 is 0 Å². The van der Waals surface area contributed by atoms with Crippen LogP contribution in [0.25, 0.3) is 6.08 Å². The van der Waals surface area contributed by atoms with E-state index in [1.807, 2.05) is 6.07 Å². The number of methoxy groups -OCH3 is 1. The summed E-state index contributed by atoms with van der Waals surface area (Å²) in [6.07, 6.45) is 6.72. The third kappa shape index (κ3) is 4.31. The highest BCUT2D eigenvalue weighted by molar-refractivity contribution is 5.92. The van der Waals surface area contributed by atoms with Gasteiger partial charge in [0.05, 0.1) is 7.11 Å². The van der Waals surface area contributed by atoms with E-state index in [4.69, 9.17) is 19.3 Å². The predicted octanol–water partition coefficient (Wildman–Crippen LogP) is 2.89. The highest BCUT2D eigenvalue weighted by Gasteiger charge is 2.40. The number of hydrogen-bond acceptors (Lipinski definition) is 7. The molecular weight excluding hydrogens is 360 g/mol. The fourth-order valence-corrected chi connectivity index (χ4v) is 3.34. The zero-order valence-electron chi connectivity index (χ0n) is 15.9. The van der Waals surface area contributed by atoms with E-state index in [2.05, 4.69) is 15.5 Å². The minimum absolute atomic E-state index is 0.0639. The largest absolute Gasteiger partial charge is 0.493 e. The molecule has 1 heterocycles. The van der Waals surface area contributed by atoms with Crippen LogP contribution >= 0.6 is 0 Å². The van der Waals surface area contributed by atoms with E-state index in [0.29, 0.717) is 23.2 Å². The monoisotopic (exact) mass is 382 g/mol. The molecule has 1 aliphatic rings. The van der Waals surface area contributed by atoms with E-state index in [1.165, 1.54) is 13.2 Å². The summed E-state index contributed by atoms with van der Waals surface area (Å²) in [4.78, 5) is 16.9. The maximum Gasteiger partial charge on any atom is 0.244 e. The molecule has 0 atom stereocenters. The molecule has 0 radical (unpaired) electrons. The van der Waals surface area contributed by atoms with Gasteiger partial charge in [-0.2, -0.15) is 10.2 Å². The van der Waals surface area contributed by atoms with Gasteiger partial charge in [-0.25, -0.2) is 0 Å². The Bertz CT molecular complexity index is 907. The molecule has 0 unspecified atom stereocenters. The Kier molecular flexibility index (Phi) is 5.94. The van der Waals surface area contributed by atoms with Gasteiger partial charge in [0.1, 0.15) is 11.6 Å². The summed E-state index contributed by atoms with van der Waals surface area (Å²) in [6, 6.07) is 7.14. The summed E-state index contributed by atoms with van der Waals surface area (Å²) < 4.78 is 15.7. The fraction of sp³-hybridized carbons (Fsp3) is 0.400. The summed E-state index contributed by atoms with van der Waals surface area (Å²) >= 11 is 0. The van der Waals surface area contributed by atoms with Crippen LogP contribution in [-0.4, -0.2) is 29.8 Å². The van der Waals surface area contributed by atoms with Gasteiger partial charge >= 0.3 is 0 Å². The van der Waals surface area contributed by atoms with Crippen LogP contribution in [-0.2, 0) is 10.3 Å². The van der Waals surface area contributed by atoms with Crippen molar-refractivity contribution >= 4 is 12.0 Å². The lowest BCUT2D eigenvalue weighted by Crippen LogP contribution is -2.44. The van der Waals surface area contributed by atoms with Gasteiger partial charge in [-0.05, 0) is 36.6 Å². The van der Waals surface area contributed by atoms with Gasteiger partial charge < -0.3 is 19.3 Å². The lowest BCUT2D eigenvalue weighted by molar-refractivity contribution is -0.118. The number of carbonyl (C=O) groups excluding carboxylic acids is 1. The molecule has 8 nitrogen and oxygen atoms in total. The molecule has 1 aliphatic carbocycles. The predicted molar refractivity (Wildman–Crippen MR) is 100 cm³/mol. The number of rotatable bonds is 7. The molecule has 0 spiro atoms. The first-order valence-electron chi connectivity index (χ1n) is 9.05. The van der Waals surface area contributed by atoms with E-state index < -0.39 is 5.54 Å². The van der Waals surface area contributed by atoms with Crippen molar-refractivity contribution in [1.82, 2.24) is 15.5 Å². The maximum absolute atomic E-state index is 12.5. The Morgan fingerprint density at radius 3 is 2.82 bits per heavy atom. The van der Waals surface area contributed by atoms with Gasteiger partial charge in [-0.1, -0.05) is 24.1 Å². The number of nitriles is 1. The van der Waals surface area contributed by atoms with Gasteiger partial charge in [0, 0.05) is 13.0 Å². The molecule has 1 aromatic heterocycles. The van der Waals surface area contributed by atoms with Crippen molar-refractivity contribution < 1.29 is 18.8 Å². The van der Waals surface area contributed by atoms with Crippen molar-refractivity contribution in [2.24, 2.45) is 0 Å². The van der Waals surface area contributed by atoms with Crippen LogP contribution in [0.15, 0.2) is 28.8 Å². The number of nitrogens with one attached hydrogen (secondary N) is 1. The average Bonchev–Trinajstić information content (AvgIpc) is 3.35. The second kappa shape index (κ2) is 8.57. The SMILES string of the molecule is COc1cc(/C=C/C(=O)NC2(c3noc(C)n3)CCCC2)ccc1OCC#N. The van der Waals surface area contributed by atoms with Crippen molar-refractivity contribution in [3.05, 3.63) is 41.6 Å². The summed E-state index contributed by atoms with van der Waals surface area (Å²) in [6.45, 7) is 1.67. The molecular formula is C20H22N4O4. The number of ether oxygens (including phenoxy) is 2. The van der Waals surface area contributed by atoms with Gasteiger partial charge in [0.15, 0.2) is 23.9 Å². The Morgan fingerprint density at radius 2 is 2.18 bits per heavy atom. The quantitative estimate of drug-likeness (QED) is 0.733. The first-order chi connectivity index (χ1) is 13.6. The molecule has 1 amide bonds. The topological polar surface area (TPSA) is 110 Å². The highest BCUT2D eigenvalue weighted by atomic mass is 16.5. The normalized spacial score (nSPS) is 15.3. The van der Waals surface area contributed by atoms with Crippen molar-refractivity contribution in [3.63, 3.8) is 0 Å². The molecule has 8 heteroatoms. The van der Waals surface area contributed by atoms with Crippen LogP contribution in [0.2, 0.25) is 0 Å². The van der Waals surface area contributed by atoms with Gasteiger partial charge in [0.2, 0.25) is 11.8 Å². The summed E-state index contributed by atoms with van der Waals surface area (Å²) in [5, 5.41) is 15.7. The molecule has 1 N–H and O–H groups in total. The van der Waals surface area contributed by atoms with Crippen LogP contribution in [0, 0.1) is 18.3 Å². The third-order valence-electron chi connectivity index (χ3n) is 4.68. The Balaban J connectivity index is 1.71. The smallest absolute Gasteiger partial charge is 0.244 e. The van der Waals surface area contributed by atoms with Crippen molar-refractivity contribution in [1.29, 1.82) is 5.26 Å². The molecule has 0 bridgehead atoms. The zero-order chi connectivity index (χ0) is 20.0. The van der Waals surface area contributed by atoms with Crippen molar-refractivity contribution in [2.45, 2.75) is 38.1 Å². The zero-order valence-corrected chi connectivity index (χ0v) is 15.9. The second-order valence-corrected chi connectivity index (χ2v) is 6.61. The van der Waals surface area contributed by atoms with E-state index in [0.717, 1.165) is 31.2 Å². The molecule has 1 saturated carbocycles. The molecule has 0 saturated heterocycles. The Hall–Kier alpha value is -3.34. The Labute approximate surface area is 163 Å². The molecule has 1 fully saturated rings. The summed E-state index contributed by atoms with van der Waals surface area (Å²) in [5.74, 6) is 1.75. The number of carbonyl (C=O) groups is 1. The molecule has 146 valence electrons. The number of nitrogens with zero attached hydrogens (tertiary/aromatic N) is 3. The van der Waals surface area contributed by atoms with Crippen LogP contribution < -0.4 is 14.8 Å². The molecule has 28 heavy (non-hydrogen) atoms. The molecule has 2 aromatic rings. The Morgan fingerprint density at radius 1 is 1.39 bits per heavy atom. The summed E-state index contributed by atoms with van der Waals surface area (Å²) in [5.41, 5.74) is 0.193. The maximum atomic E-state index is 12.5. The molecule has 1 aromatic carbocycles. The number of hydrogen-bond donors (Lipinski definition) is 1. The number of aromatic nitrogens is 2. The number of aryl methyl sites for hydroxylation is 1. The first kappa shape index (κ1) is 19.4. The average molecular weight is 382 g/mol. The van der Waals surface area contributed by atoms with Crippen LogP contribution in [0.3, 0.4) is 0 Å². The van der Waals surface area contributed by atoms with Crippen LogP contribution in [0.1, 0.15) is 43.0 Å². The number of benzene rings is 1. The van der Waals surface area contributed by atoms with Crippen molar-refractivity contribution in [2.75, 3.05) is 13.7 Å². The van der Waals surface area contributed by atoms with E-state index in [1.54, 1.807) is 31.2 Å². The van der Waals surface area contributed by atoms with Crippen molar-refractivity contribution in [3.8, 4) is 17.6 Å². The minimum Gasteiger partial charge on any atom is -0.493 e. The number of amides is 1. The fourth-order valence-electron chi connectivity index (χ4n) is 3.34. The van der Waals surface area contributed by atoms with Gasteiger partial charge in [-0.15, -0.1) is 0 Å². The van der Waals surface area contributed by atoms with Gasteiger partial charge in [0.25, 0.3) is 0 Å². The molecule has 0 aliphatic heterocycles. The van der Waals surface area contributed by atoms with Crippen LogP contribution in [0.4, 0.5) is 0 Å². The third-order valence-corrected chi connectivity index (χ3v) is 4.68. The summed E-state index contributed by atoms with van der Waals surface area (Å²) in [7, 11) is 1.52.